The molecule has 0 atom stereocenters. The van der Waals surface area contributed by atoms with Crippen LogP contribution in [0.2, 0.25) is 0 Å². The number of Topliss-reactive ketones (excluding diaryl/α,β-unsaturated/α-hetero) is 2. The molecular formula is C14H12N6O2. The smallest absolute Gasteiger partial charge is 0.269 e. The van der Waals surface area contributed by atoms with E-state index < -0.39 is 11.6 Å². The van der Waals surface area contributed by atoms with Crippen LogP contribution in [0.3, 0.4) is 0 Å². The van der Waals surface area contributed by atoms with E-state index in [1.54, 1.807) is 24.7 Å². The first-order valence-electron chi connectivity index (χ1n) is 6.59. The predicted octanol–water partition coefficient (Wildman–Crippen LogP) is 0.508. The van der Waals surface area contributed by atoms with Crippen LogP contribution in [-0.4, -0.2) is 42.2 Å². The molecule has 0 fully saturated rings. The van der Waals surface area contributed by atoms with Crippen LogP contribution in [0.5, 0.6) is 0 Å². The number of aromatic amines is 2. The number of hydrogen-bond acceptors (Lipinski definition) is 6. The van der Waals surface area contributed by atoms with Crippen molar-refractivity contribution in [2.75, 3.05) is 0 Å². The highest BCUT2D eigenvalue weighted by Crippen LogP contribution is 2.14. The minimum absolute atomic E-state index is 0.00269. The third-order valence-electron chi connectivity index (χ3n) is 3.21. The van der Waals surface area contributed by atoms with Crippen LogP contribution < -0.4 is 0 Å². The number of tetrazole rings is 1. The number of aromatic nitrogens is 6. The maximum absolute atomic E-state index is 12.0. The summed E-state index contributed by atoms with van der Waals surface area (Å²) in [5.74, 6) is -1.53. The molecule has 0 spiro atoms. The molecule has 3 rings (SSSR count). The minimum Gasteiger partial charge on any atom is -0.364 e. The van der Waals surface area contributed by atoms with Gasteiger partial charge in [-0.1, -0.05) is 0 Å². The number of pyridine rings is 1. The van der Waals surface area contributed by atoms with Gasteiger partial charge in [0.15, 0.2) is 0 Å². The highest BCUT2D eigenvalue weighted by Gasteiger charge is 2.22. The summed E-state index contributed by atoms with van der Waals surface area (Å²) >= 11 is 0. The minimum atomic E-state index is -0.746. The van der Waals surface area contributed by atoms with Gasteiger partial charge < -0.3 is 4.98 Å². The Morgan fingerprint density at radius 2 is 1.95 bits per heavy atom. The lowest BCUT2D eigenvalue weighted by Gasteiger charge is -2.03. The molecular weight excluding hydrogens is 284 g/mol. The Hall–Kier alpha value is -3.16. The van der Waals surface area contributed by atoms with Gasteiger partial charge in [-0.3, -0.25) is 14.6 Å². The van der Waals surface area contributed by atoms with Crippen LogP contribution in [0.15, 0.2) is 36.8 Å². The van der Waals surface area contributed by atoms with Gasteiger partial charge in [0, 0.05) is 37.1 Å². The van der Waals surface area contributed by atoms with E-state index in [4.69, 9.17) is 0 Å². The summed E-state index contributed by atoms with van der Waals surface area (Å²) in [4.78, 5) is 30.9. The van der Waals surface area contributed by atoms with Crippen LogP contribution in [0, 0.1) is 0 Å². The fourth-order valence-electron chi connectivity index (χ4n) is 2.11. The molecule has 22 heavy (non-hydrogen) atoms. The average Bonchev–Trinajstić information content (AvgIpc) is 3.20. The molecule has 0 saturated carbocycles. The number of carbonyl (C=O) groups is 2. The van der Waals surface area contributed by atoms with Crippen molar-refractivity contribution in [3.63, 3.8) is 0 Å². The summed E-state index contributed by atoms with van der Waals surface area (Å²) in [5, 5.41) is 12.5. The van der Waals surface area contributed by atoms with Crippen molar-refractivity contribution < 1.29 is 9.59 Å². The van der Waals surface area contributed by atoms with Crippen LogP contribution >= 0.6 is 0 Å². The van der Waals surface area contributed by atoms with Crippen molar-refractivity contribution in [2.24, 2.45) is 0 Å². The number of carbonyl (C=O) groups excluding carboxylic acids is 2. The molecule has 0 aliphatic rings. The number of nitrogens with one attached hydrogen (secondary N) is 2. The lowest BCUT2D eigenvalue weighted by atomic mass is 10.0. The van der Waals surface area contributed by atoms with E-state index in [0.29, 0.717) is 6.42 Å². The van der Waals surface area contributed by atoms with E-state index in [1.807, 2.05) is 12.1 Å². The number of H-pyrrole nitrogens is 2. The first kappa shape index (κ1) is 13.8. The van der Waals surface area contributed by atoms with Gasteiger partial charge in [-0.2, -0.15) is 5.21 Å². The SMILES string of the molecule is O=C(Cc1cc[nH]c1Cc1ccncc1)C(=O)c1nn[nH]n1. The lowest BCUT2D eigenvalue weighted by molar-refractivity contribution is -0.114. The topological polar surface area (TPSA) is 117 Å². The zero-order valence-electron chi connectivity index (χ0n) is 11.5. The summed E-state index contributed by atoms with van der Waals surface area (Å²) in [7, 11) is 0. The van der Waals surface area contributed by atoms with Crippen LogP contribution in [0.1, 0.15) is 27.4 Å². The fourth-order valence-corrected chi connectivity index (χ4v) is 2.11. The second-order valence-electron chi connectivity index (χ2n) is 4.68. The van der Waals surface area contributed by atoms with E-state index in [2.05, 4.69) is 30.6 Å². The molecule has 0 unspecified atom stereocenters. The molecule has 0 saturated heterocycles. The van der Waals surface area contributed by atoms with Crippen LogP contribution in [0.4, 0.5) is 0 Å². The van der Waals surface area contributed by atoms with Gasteiger partial charge in [0.25, 0.3) is 5.78 Å². The number of ketones is 2. The molecule has 3 heterocycles. The van der Waals surface area contributed by atoms with E-state index >= 15 is 0 Å². The number of rotatable bonds is 6. The molecule has 0 amide bonds. The van der Waals surface area contributed by atoms with Gasteiger partial charge in [-0.25, -0.2) is 0 Å². The van der Waals surface area contributed by atoms with Crippen LogP contribution in [0.25, 0.3) is 0 Å². The number of hydrogen-bond donors (Lipinski definition) is 2. The van der Waals surface area contributed by atoms with Gasteiger partial charge in [0.05, 0.1) is 0 Å². The molecule has 110 valence electrons. The lowest BCUT2D eigenvalue weighted by Crippen LogP contribution is -2.18. The Morgan fingerprint density at radius 1 is 1.14 bits per heavy atom. The first-order valence-corrected chi connectivity index (χ1v) is 6.59. The van der Waals surface area contributed by atoms with Crippen molar-refractivity contribution in [1.29, 1.82) is 0 Å². The van der Waals surface area contributed by atoms with E-state index in [-0.39, 0.29) is 12.2 Å². The summed E-state index contributed by atoms with van der Waals surface area (Å²) in [5.41, 5.74) is 2.73. The van der Waals surface area contributed by atoms with Gasteiger partial charge >= 0.3 is 0 Å². The Morgan fingerprint density at radius 3 is 2.68 bits per heavy atom. The van der Waals surface area contributed by atoms with Crippen molar-refractivity contribution in [2.45, 2.75) is 12.8 Å². The summed E-state index contributed by atoms with van der Waals surface area (Å²) < 4.78 is 0. The normalized spacial score (nSPS) is 10.5. The third kappa shape index (κ3) is 2.95. The number of nitrogens with zero attached hydrogens (tertiary/aromatic N) is 4. The molecule has 0 radical (unpaired) electrons. The highest BCUT2D eigenvalue weighted by atomic mass is 16.2. The molecule has 3 aromatic rings. The summed E-state index contributed by atoms with van der Waals surface area (Å²) in [6, 6.07) is 5.59. The van der Waals surface area contributed by atoms with Crippen LogP contribution in [-0.2, 0) is 17.6 Å². The zero-order valence-corrected chi connectivity index (χ0v) is 11.5. The van der Waals surface area contributed by atoms with Gasteiger partial charge in [0.2, 0.25) is 11.6 Å². The van der Waals surface area contributed by atoms with E-state index in [0.717, 1.165) is 16.8 Å². The highest BCUT2D eigenvalue weighted by molar-refractivity contribution is 6.43. The Balaban J connectivity index is 1.72. The summed E-state index contributed by atoms with van der Waals surface area (Å²) in [6.45, 7) is 0. The molecule has 0 aliphatic heterocycles. The maximum atomic E-state index is 12.0. The van der Waals surface area contributed by atoms with Gasteiger partial charge in [-0.15, -0.1) is 10.2 Å². The van der Waals surface area contributed by atoms with E-state index in [1.165, 1.54) is 0 Å². The second-order valence-corrected chi connectivity index (χ2v) is 4.68. The molecule has 8 nitrogen and oxygen atoms in total. The molecule has 2 N–H and O–H groups in total. The van der Waals surface area contributed by atoms with Crippen molar-refractivity contribution in [3.8, 4) is 0 Å². The fraction of sp³-hybridized carbons (Fsp3) is 0.143. The van der Waals surface area contributed by atoms with Crippen molar-refractivity contribution in [1.82, 2.24) is 30.6 Å². The average molecular weight is 296 g/mol. The van der Waals surface area contributed by atoms with Crippen molar-refractivity contribution >= 4 is 11.6 Å². The standard InChI is InChI=1S/C14H12N6O2/c21-12(13(22)14-17-19-20-18-14)8-10-3-6-16-11(10)7-9-1-4-15-5-2-9/h1-6,16H,7-8H2,(H,17,18,19,20). The quantitative estimate of drug-likeness (QED) is 0.505. The second kappa shape index (κ2) is 6.08. The molecule has 0 aromatic carbocycles. The van der Waals surface area contributed by atoms with Crippen molar-refractivity contribution in [3.05, 3.63) is 59.4 Å². The first-order chi connectivity index (χ1) is 10.7. The Labute approximate surface area is 125 Å². The maximum Gasteiger partial charge on any atom is 0.269 e. The zero-order chi connectivity index (χ0) is 15.4. The third-order valence-corrected chi connectivity index (χ3v) is 3.21. The molecule has 3 aromatic heterocycles. The predicted molar refractivity (Wildman–Crippen MR) is 75.1 cm³/mol. The molecule has 0 bridgehead atoms. The molecule has 8 heteroatoms. The Bertz CT molecular complexity index is 779. The van der Waals surface area contributed by atoms with E-state index in [9.17, 15) is 9.59 Å². The summed E-state index contributed by atoms with van der Waals surface area (Å²) in [6.07, 6.45) is 5.80. The van der Waals surface area contributed by atoms with Gasteiger partial charge in [-0.05, 0) is 34.5 Å². The largest absolute Gasteiger partial charge is 0.364 e. The Kier molecular flexibility index (Phi) is 3.82. The van der Waals surface area contributed by atoms with Gasteiger partial charge in [0.1, 0.15) is 0 Å². The monoisotopic (exact) mass is 296 g/mol. The molecule has 0 aliphatic carbocycles.